The predicted molar refractivity (Wildman–Crippen MR) is 76.3 cm³/mol. The normalized spacial score (nSPS) is 16.1. The Bertz CT molecular complexity index is 460. The van der Waals surface area contributed by atoms with Crippen molar-refractivity contribution in [2.75, 3.05) is 0 Å². The molecule has 1 fully saturated rings. The minimum Gasteiger partial charge on any atom is -0.479 e. The van der Waals surface area contributed by atoms with E-state index in [1.54, 1.807) is 13.0 Å². The molecule has 1 atom stereocenters. The van der Waals surface area contributed by atoms with Crippen molar-refractivity contribution >= 4 is 21.9 Å². The number of hydrogen-bond donors (Lipinski definition) is 2. The van der Waals surface area contributed by atoms with Gasteiger partial charge in [-0.15, -0.1) is 0 Å². The summed E-state index contributed by atoms with van der Waals surface area (Å²) in [5.41, 5.74) is 1.09. The van der Waals surface area contributed by atoms with Crippen LogP contribution in [0.2, 0.25) is 0 Å². The minimum atomic E-state index is -0.934. The minimum absolute atomic E-state index is 0.437. The van der Waals surface area contributed by atoms with E-state index in [4.69, 9.17) is 9.84 Å². The standard InChI is InChI=1S/C14H18BrNO3/c1-2-11(14(17)18)19-12-5-3-4-9(13(12)15)8-16-10-6-7-10/h3-5,10-11,16H,2,6-8H2,1H3,(H,17,18). The number of carbonyl (C=O) groups is 1. The molecule has 4 nitrogen and oxygen atoms in total. The Balaban J connectivity index is 2.06. The van der Waals surface area contributed by atoms with E-state index >= 15 is 0 Å². The maximum absolute atomic E-state index is 11.0. The molecule has 1 aromatic rings. The summed E-state index contributed by atoms with van der Waals surface area (Å²) in [6, 6.07) is 6.32. The molecule has 19 heavy (non-hydrogen) atoms. The van der Waals surface area contributed by atoms with Gasteiger partial charge in [0.25, 0.3) is 0 Å². The SMILES string of the molecule is CCC(Oc1cccc(CNC2CC2)c1Br)C(=O)O. The highest BCUT2D eigenvalue weighted by molar-refractivity contribution is 9.10. The molecule has 1 aliphatic carbocycles. The van der Waals surface area contributed by atoms with Crippen molar-refractivity contribution in [3.63, 3.8) is 0 Å². The number of rotatable bonds is 7. The van der Waals surface area contributed by atoms with E-state index in [0.29, 0.717) is 18.2 Å². The van der Waals surface area contributed by atoms with Gasteiger partial charge in [0.1, 0.15) is 5.75 Å². The molecule has 1 unspecified atom stereocenters. The fourth-order valence-electron chi connectivity index (χ4n) is 1.79. The Morgan fingerprint density at radius 3 is 2.89 bits per heavy atom. The largest absolute Gasteiger partial charge is 0.479 e. The van der Waals surface area contributed by atoms with Crippen molar-refractivity contribution in [2.24, 2.45) is 0 Å². The van der Waals surface area contributed by atoms with Crippen LogP contribution in [0.4, 0.5) is 0 Å². The molecule has 5 heteroatoms. The van der Waals surface area contributed by atoms with Crippen LogP contribution >= 0.6 is 15.9 Å². The summed E-state index contributed by atoms with van der Waals surface area (Å²) in [5.74, 6) is -0.347. The van der Waals surface area contributed by atoms with Crippen molar-refractivity contribution in [1.82, 2.24) is 5.32 Å². The third kappa shape index (κ3) is 3.94. The lowest BCUT2D eigenvalue weighted by Crippen LogP contribution is -2.26. The molecule has 2 N–H and O–H groups in total. The quantitative estimate of drug-likeness (QED) is 0.808. The average molecular weight is 328 g/mol. The Hall–Kier alpha value is -1.07. The summed E-state index contributed by atoms with van der Waals surface area (Å²) in [7, 11) is 0. The Morgan fingerprint density at radius 2 is 2.32 bits per heavy atom. The molecule has 0 spiro atoms. The number of nitrogens with one attached hydrogen (secondary N) is 1. The Morgan fingerprint density at radius 1 is 1.58 bits per heavy atom. The van der Waals surface area contributed by atoms with Crippen LogP contribution in [-0.4, -0.2) is 23.2 Å². The van der Waals surface area contributed by atoms with Gasteiger partial charge in [-0.25, -0.2) is 4.79 Å². The highest BCUT2D eigenvalue weighted by Gasteiger charge is 2.22. The number of aliphatic carboxylic acids is 1. The van der Waals surface area contributed by atoms with E-state index in [9.17, 15) is 4.79 Å². The van der Waals surface area contributed by atoms with Gasteiger partial charge < -0.3 is 15.2 Å². The third-order valence-corrected chi connectivity index (χ3v) is 4.02. The van der Waals surface area contributed by atoms with E-state index in [0.717, 1.165) is 16.6 Å². The first-order valence-corrected chi connectivity index (χ1v) is 7.31. The van der Waals surface area contributed by atoms with E-state index in [1.165, 1.54) is 12.8 Å². The van der Waals surface area contributed by atoms with Gasteiger partial charge in [0.2, 0.25) is 0 Å². The molecule has 1 aliphatic rings. The van der Waals surface area contributed by atoms with Crippen LogP contribution in [0.1, 0.15) is 31.7 Å². The van der Waals surface area contributed by atoms with Gasteiger partial charge in [-0.05, 0) is 46.8 Å². The van der Waals surface area contributed by atoms with E-state index in [1.807, 2.05) is 12.1 Å². The molecule has 0 saturated heterocycles. The maximum atomic E-state index is 11.0. The van der Waals surface area contributed by atoms with Crippen LogP contribution in [-0.2, 0) is 11.3 Å². The van der Waals surface area contributed by atoms with Gasteiger partial charge in [0, 0.05) is 12.6 Å². The number of halogens is 1. The fraction of sp³-hybridized carbons (Fsp3) is 0.500. The first kappa shape index (κ1) is 14.3. The van der Waals surface area contributed by atoms with Crippen molar-refractivity contribution < 1.29 is 14.6 Å². The first-order chi connectivity index (χ1) is 9.11. The maximum Gasteiger partial charge on any atom is 0.344 e. The molecular weight excluding hydrogens is 310 g/mol. The van der Waals surface area contributed by atoms with Crippen LogP contribution in [0.15, 0.2) is 22.7 Å². The van der Waals surface area contributed by atoms with Gasteiger partial charge in [-0.1, -0.05) is 19.1 Å². The summed E-state index contributed by atoms with van der Waals surface area (Å²) in [5, 5.41) is 12.5. The third-order valence-electron chi connectivity index (χ3n) is 3.12. The Labute approximate surface area is 121 Å². The van der Waals surface area contributed by atoms with Crippen molar-refractivity contribution in [2.45, 2.75) is 44.9 Å². The number of benzene rings is 1. The molecule has 0 radical (unpaired) electrons. The molecule has 104 valence electrons. The zero-order valence-corrected chi connectivity index (χ0v) is 12.4. The van der Waals surface area contributed by atoms with Crippen LogP contribution in [0.25, 0.3) is 0 Å². The van der Waals surface area contributed by atoms with Crippen LogP contribution in [0.3, 0.4) is 0 Å². The summed E-state index contributed by atoms with van der Waals surface area (Å²) in [4.78, 5) is 11.0. The average Bonchev–Trinajstić information content (AvgIpc) is 3.19. The lowest BCUT2D eigenvalue weighted by molar-refractivity contribution is -0.145. The molecule has 0 heterocycles. The molecular formula is C14H18BrNO3. The monoisotopic (exact) mass is 327 g/mol. The predicted octanol–water partition coefficient (Wildman–Crippen LogP) is 2.94. The molecule has 0 bridgehead atoms. The summed E-state index contributed by atoms with van der Waals surface area (Å²) < 4.78 is 6.38. The molecule has 1 saturated carbocycles. The van der Waals surface area contributed by atoms with Gasteiger partial charge in [-0.2, -0.15) is 0 Å². The second kappa shape index (κ2) is 6.39. The second-order valence-corrected chi connectivity index (χ2v) is 5.53. The van der Waals surface area contributed by atoms with Crippen LogP contribution in [0.5, 0.6) is 5.75 Å². The first-order valence-electron chi connectivity index (χ1n) is 6.52. The number of ether oxygens (including phenoxy) is 1. The summed E-state index contributed by atoms with van der Waals surface area (Å²) >= 11 is 3.50. The van der Waals surface area contributed by atoms with Gasteiger partial charge >= 0.3 is 5.97 Å². The van der Waals surface area contributed by atoms with Gasteiger partial charge in [0.15, 0.2) is 6.10 Å². The second-order valence-electron chi connectivity index (χ2n) is 4.74. The van der Waals surface area contributed by atoms with Crippen molar-refractivity contribution in [3.8, 4) is 5.75 Å². The molecule has 1 aromatic carbocycles. The molecule has 2 rings (SSSR count). The highest BCUT2D eigenvalue weighted by atomic mass is 79.9. The topological polar surface area (TPSA) is 58.6 Å². The number of carboxylic acids is 1. The molecule has 0 aliphatic heterocycles. The van der Waals surface area contributed by atoms with Gasteiger partial charge in [0.05, 0.1) is 4.47 Å². The van der Waals surface area contributed by atoms with Crippen LogP contribution in [0, 0.1) is 0 Å². The summed E-state index contributed by atoms with van der Waals surface area (Å²) in [6.45, 7) is 2.57. The van der Waals surface area contributed by atoms with Gasteiger partial charge in [-0.3, -0.25) is 0 Å². The smallest absolute Gasteiger partial charge is 0.344 e. The highest BCUT2D eigenvalue weighted by Crippen LogP contribution is 2.30. The van der Waals surface area contributed by atoms with E-state index in [2.05, 4.69) is 21.2 Å². The summed E-state index contributed by atoms with van der Waals surface area (Å²) in [6.07, 6.45) is 2.12. The van der Waals surface area contributed by atoms with Crippen molar-refractivity contribution in [1.29, 1.82) is 0 Å². The van der Waals surface area contributed by atoms with E-state index in [-0.39, 0.29) is 0 Å². The zero-order chi connectivity index (χ0) is 13.8. The van der Waals surface area contributed by atoms with Crippen LogP contribution < -0.4 is 10.1 Å². The van der Waals surface area contributed by atoms with E-state index < -0.39 is 12.1 Å². The van der Waals surface area contributed by atoms with Crippen molar-refractivity contribution in [3.05, 3.63) is 28.2 Å². The molecule has 0 aromatic heterocycles. The lowest BCUT2D eigenvalue weighted by atomic mass is 10.2. The zero-order valence-electron chi connectivity index (χ0n) is 10.9. The number of hydrogen-bond acceptors (Lipinski definition) is 3. The fourth-order valence-corrected chi connectivity index (χ4v) is 2.29. The Kier molecular flexibility index (Phi) is 4.82. The number of carboxylic acid groups (broad SMARTS) is 1. The molecule has 0 amide bonds. The lowest BCUT2D eigenvalue weighted by Gasteiger charge is -2.16.